The number of anilines is 1. The minimum Gasteiger partial charge on any atom is -0.391 e. The molecule has 2 aromatic carbocycles. The molecule has 1 saturated heterocycles. The smallest absolute Gasteiger partial charge is 0.272 e. The van der Waals surface area contributed by atoms with E-state index in [2.05, 4.69) is 20.7 Å². The van der Waals surface area contributed by atoms with Crippen LogP contribution in [0.1, 0.15) is 27.3 Å². The number of aliphatic hydroxyl groups is 1. The van der Waals surface area contributed by atoms with Crippen LogP contribution in [0.3, 0.4) is 0 Å². The number of carbonyl (C=O) groups is 2. The molecule has 9 nitrogen and oxygen atoms in total. The Bertz CT molecular complexity index is 1470. The first-order chi connectivity index (χ1) is 18.4. The van der Waals surface area contributed by atoms with Gasteiger partial charge in [-0.3, -0.25) is 14.6 Å². The molecular weight excluding hydrogens is 513 g/mol. The lowest BCUT2D eigenvalue weighted by Crippen LogP contribution is -2.49. The number of aliphatic hydroxyl groups excluding tert-OH is 1. The standard InChI is InChI=1S/C27H23ClFN5O4/c28-19-13-20(29)18(21-8-4-5-10-30-21)12-17(19)26(36)32-25-14-22(33-34(25)16-6-2-1-3-7-16)27(37)31-23-15-38-11-9-24(23)35/h1-8,10,12-14,23-24,35H,9,11,15H2,(H,31,37)(H,32,36)/t23-,24-/m0/s1. The molecule has 11 heteroatoms. The second-order valence-electron chi connectivity index (χ2n) is 8.65. The summed E-state index contributed by atoms with van der Waals surface area (Å²) in [5.74, 6) is -1.60. The number of hydrogen-bond donors (Lipinski definition) is 3. The third-order valence-electron chi connectivity index (χ3n) is 6.06. The van der Waals surface area contributed by atoms with Crippen LogP contribution in [0.15, 0.2) is 72.9 Å². The first-order valence-electron chi connectivity index (χ1n) is 11.8. The molecule has 0 bridgehead atoms. The van der Waals surface area contributed by atoms with E-state index in [9.17, 15) is 19.1 Å². The summed E-state index contributed by atoms with van der Waals surface area (Å²) in [6, 6.07) is 17.2. The number of para-hydroxylation sites is 1. The zero-order chi connectivity index (χ0) is 26.6. The van der Waals surface area contributed by atoms with Crippen molar-refractivity contribution in [2.24, 2.45) is 0 Å². The van der Waals surface area contributed by atoms with Crippen LogP contribution in [0.5, 0.6) is 0 Å². The van der Waals surface area contributed by atoms with Crippen LogP contribution < -0.4 is 10.6 Å². The number of halogens is 2. The molecule has 3 heterocycles. The molecule has 2 amide bonds. The van der Waals surface area contributed by atoms with Crippen molar-refractivity contribution in [1.82, 2.24) is 20.1 Å². The van der Waals surface area contributed by atoms with E-state index in [4.69, 9.17) is 16.3 Å². The molecule has 0 unspecified atom stereocenters. The predicted octanol–water partition coefficient (Wildman–Crippen LogP) is 3.86. The number of rotatable bonds is 6. The summed E-state index contributed by atoms with van der Waals surface area (Å²) in [6.45, 7) is 0.595. The van der Waals surface area contributed by atoms with Gasteiger partial charge in [-0.1, -0.05) is 35.9 Å². The van der Waals surface area contributed by atoms with Crippen molar-refractivity contribution in [2.45, 2.75) is 18.6 Å². The van der Waals surface area contributed by atoms with E-state index in [-0.39, 0.29) is 34.3 Å². The fraction of sp³-hybridized carbons (Fsp3) is 0.185. The molecular formula is C27H23ClFN5O4. The van der Waals surface area contributed by atoms with Crippen molar-refractivity contribution in [3.05, 3.63) is 95.0 Å². The van der Waals surface area contributed by atoms with Crippen LogP contribution in [0.2, 0.25) is 5.02 Å². The summed E-state index contributed by atoms with van der Waals surface area (Å²) in [5, 5.41) is 19.9. The van der Waals surface area contributed by atoms with Gasteiger partial charge in [-0.05, 0) is 42.8 Å². The first kappa shape index (κ1) is 25.5. The second kappa shape index (κ2) is 11.1. The number of carbonyl (C=O) groups excluding carboxylic acids is 2. The van der Waals surface area contributed by atoms with Gasteiger partial charge in [0, 0.05) is 24.4 Å². The van der Waals surface area contributed by atoms with Crippen LogP contribution in [-0.2, 0) is 4.74 Å². The maximum atomic E-state index is 14.7. The van der Waals surface area contributed by atoms with E-state index >= 15 is 0 Å². The van der Waals surface area contributed by atoms with Gasteiger partial charge in [-0.25, -0.2) is 9.07 Å². The molecule has 1 fully saturated rings. The summed E-state index contributed by atoms with van der Waals surface area (Å²) in [4.78, 5) is 30.4. The van der Waals surface area contributed by atoms with Crippen LogP contribution in [0.4, 0.5) is 10.2 Å². The Morgan fingerprint density at radius 2 is 1.87 bits per heavy atom. The number of nitrogens with zero attached hydrogens (tertiary/aromatic N) is 3. The highest BCUT2D eigenvalue weighted by atomic mass is 35.5. The van der Waals surface area contributed by atoms with Crippen molar-refractivity contribution in [1.29, 1.82) is 0 Å². The van der Waals surface area contributed by atoms with E-state index in [1.165, 1.54) is 23.0 Å². The molecule has 38 heavy (non-hydrogen) atoms. The number of pyridine rings is 1. The molecule has 2 atom stereocenters. The van der Waals surface area contributed by atoms with E-state index in [0.29, 0.717) is 24.4 Å². The van der Waals surface area contributed by atoms with E-state index in [1.54, 1.807) is 42.5 Å². The molecule has 194 valence electrons. The van der Waals surface area contributed by atoms with Crippen LogP contribution in [0, 0.1) is 5.82 Å². The summed E-state index contributed by atoms with van der Waals surface area (Å²) in [6.07, 6.45) is 1.19. The number of hydrogen-bond acceptors (Lipinski definition) is 6. The highest BCUT2D eigenvalue weighted by Crippen LogP contribution is 2.28. The third kappa shape index (κ3) is 5.42. The topological polar surface area (TPSA) is 118 Å². The summed E-state index contributed by atoms with van der Waals surface area (Å²) < 4.78 is 21.4. The van der Waals surface area contributed by atoms with Gasteiger partial charge in [-0.15, -0.1) is 0 Å². The average molecular weight is 536 g/mol. The molecule has 1 aliphatic rings. The van der Waals surface area contributed by atoms with Gasteiger partial charge in [0.15, 0.2) is 5.69 Å². The highest BCUT2D eigenvalue weighted by molar-refractivity contribution is 6.34. The van der Waals surface area contributed by atoms with Crippen LogP contribution >= 0.6 is 11.6 Å². The van der Waals surface area contributed by atoms with Gasteiger partial charge < -0.3 is 20.5 Å². The van der Waals surface area contributed by atoms with Gasteiger partial charge in [0.25, 0.3) is 11.8 Å². The van der Waals surface area contributed by atoms with E-state index in [0.717, 1.165) is 6.07 Å². The van der Waals surface area contributed by atoms with Gasteiger partial charge >= 0.3 is 0 Å². The lowest BCUT2D eigenvalue weighted by Gasteiger charge is -2.28. The Labute approximate surface area is 222 Å². The monoisotopic (exact) mass is 535 g/mol. The zero-order valence-corrected chi connectivity index (χ0v) is 20.7. The highest BCUT2D eigenvalue weighted by Gasteiger charge is 2.27. The predicted molar refractivity (Wildman–Crippen MR) is 139 cm³/mol. The second-order valence-corrected chi connectivity index (χ2v) is 9.06. The maximum Gasteiger partial charge on any atom is 0.272 e. The number of aromatic nitrogens is 3. The minimum absolute atomic E-state index is 0.0151. The Balaban J connectivity index is 1.46. The number of nitrogens with one attached hydrogen (secondary N) is 2. The van der Waals surface area contributed by atoms with E-state index < -0.39 is 29.8 Å². The van der Waals surface area contributed by atoms with Gasteiger partial charge in [-0.2, -0.15) is 5.10 Å². The summed E-state index contributed by atoms with van der Waals surface area (Å²) in [7, 11) is 0. The Kier molecular flexibility index (Phi) is 7.45. The van der Waals surface area contributed by atoms with Gasteiger partial charge in [0.05, 0.1) is 40.7 Å². The Hall–Kier alpha value is -4.12. The molecule has 0 saturated carbocycles. The average Bonchev–Trinajstić information content (AvgIpc) is 3.35. The Morgan fingerprint density at radius 1 is 1.08 bits per heavy atom. The molecule has 0 radical (unpaired) electrons. The molecule has 0 spiro atoms. The fourth-order valence-corrected chi connectivity index (χ4v) is 4.32. The number of amides is 2. The molecule has 2 aromatic heterocycles. The minimum atomic E-state index is -0.739. The summed E-state index contributed by atoms with van der Waals surface area (Å²) in [5.41, 5.74) is 1.08. The zero-order valence-electron chi connectivity index (χ0n) is 20.0. The third-order valence-corrected chi connectivity index (χ3v) is 6.38. The van der Waals surface area contributed by atoms with Gasteiger partial charge in [0.2, 0.25) is 0 Å². The largest absolute Gasteiger partial charge is 0.391 e. The van der Waals surface area contributed by atoms with Crippen molar-refractivity contribution in [3.8, 4) is 16.9 Å². The lowest BCUT2D eigenvalue weighted by molar-refractivity contribution is -0.0140. The molecule has 0 aliphatic carbocycles. The SMILES string of the molecule is O=C(N[C@H]1COCC[C@@H]1O)c1cc(NC(=O)c2cc(-c3ccccn3)c(F)cc2Cl)n(-c2ccccc2)n1. The maximum absolute atomic E-state index is 14.7. The molecule has 3 N–H and O–H groups in total. The van der Waals surface area contributed by atoms with E-state index in [1.807, 2.05) is 6.07 Å². The molecule has 4 aromatic rings. The van der Waals surface area contributed by atoms with Crippen molar-refractivity contribution < 1.29 is 23.8 Å². The van der Waals surface area contributed by atoms with Crippen LogP contribution in [-0.4, -0.2) is 57.0 Å². The fourth-order valence-electron chi connectivity index (χ4n) is 4.08. The molecule has 1 aliphatic heterocycles. The summed E-state index contributed by atoms with van der Waals surface area (Å²) >= 11 is 6.24. The Morgan fingerprint density at radius 3 is 2.61 bits per heavy atom. The lowest BCUT2D eigenvalue weighted by atomic mass is 10.1. The van der Waals surface area contributed by atoms with Crippen molar-refractivity contribution in [3.63, 3.8) is 0 Å². The van der Waals surface area contributed by atoms with Gasteiger partial charge in [0.1, 0.15) is 11.6 Å². The normalized spacial score (nSPS) is 17.1. The van der Waals surface area contributed by atoms with Crippen LogP contribution in [0.25, 0.3) is 16.9 Å². The first-order valence-corrected chi connectivity index (χ1v) is 12.2. The number of ether oxygens (including phenoxy) is 1. The van der Waals surface area contributed by atoms with Crippen molar-refractivity contribution >= 4 is 29.2 Å². The quantitative estimate of drug-likeness (QED) is 0.345. The molecule has 5 rings (SSSR count). The number of benzene rings is 2. The van der Waals surface area contributed by atoms with Crippen molar-refractivity contribution in [2.75, 3.05) is 18.5 Å².